The number of rotatable bonds is 15. The average molecular weight is 519 g/mol. The maximum Gasteiger partial charge on any atom is 0.175 e. The molecule has 0 bridgehead atoms. The molecule has 200 valence electrons. The van der Waals surface area contributed by atoms with Gasteiger partial charge in [0.2, 0.25) is 0 Å². The molecule has 7 nitrogen and oxygen atoms in total. The highest BCUT2D eigenvalue weighted by molar-refractivity contribution is 7.90. The number of nitrogens with zero attached hydrogens (tertiary/aromatic N) is 1. The molecule has 1 aliphatic rings. The minimum atomic E-state index is -3.18. The average Bonchev–Trinajstić information content (AvgIpc) is 2.86. The second kappa shape index (κ2) is 13.9. The maximum absolute atomic E-state index is 11.5. The molecule has 0 spiro atoms. The normalized spacial score (nSPS) is 15.7. The van der Waals surface area contributed by atoms with E-state index in [1.165, 1.54) is 31.1 Å². The van der Waals surface area contributed by atoms with Crippen LogP contribution in [0.2, 0.25) is 0 Å². The Balaban J connectivity index is 1.26. The van der Waals surface area contributed by atoms with Gasteiger partial charge in [-0.2, -0.15) is 0 Å². The Morgan fingerprint density at radius 3 is 2.47 bits per heavy atom. The molecule has 2 aromatic carbocycles. The quantitative estimate of drug-likeness (QED) is 0.239. The summed E-state index contributed by atoms with van der Waals surface area (Å²) < 4.78 is 28.7. The van der Waals surface area contributed by atoms with Crippen molar-refractivity contribution < 1.29 is 23.4 Å². The smallest absolute Gasteiger partial charge is 0.175 e. The molecule has 0 saturated carbocycles. The van der Waals surface area contributed by atoms with Crippen LogP contribution in [0.15, 0.2) is 41.3 Å². The first kappa shape index (κ1) is 28.3. The van der Waals surface area contributed by atoms with Crippen LogP contribution in [-0.4, -0.2) is 68.6 Å². The van der Waals surface area contributed by atoms with Gasteiger partial charge < -0.3 is 25.2 Å². The van der Waals surface area contributed by atoms with E-state index in [-0.39, 0.29) is 11.5 Å². The van der Waals surface area contributed by atoms with Crippen molar-refractivity contribution in [1.82, 2.24) is 10.2 Å². The van der Waals surface area contributed by atoms with Crippen LogP contribution in [0.1, 0.15) is 56.6 Å². The fraction of sp³-hybridized carbons (Fsp3) is 0.571. The largest absolute Gasteiger partial charge is 0.504 e. The molecule has 36 heavy (non-hydrogen) atoms. The summed E-state index contributed by atoms with van der Waals surface area (Å²) in [5, 5.41) is 23.3. The minimum absolute atomic E-state index is 0.0131. The van der Waals surface area contributed by atoms with E-state index in [1.54, 1.807) is 30.3 Å². The number of benzene rings is 2. The van der Waals surface area contributed by atoms with Gasteiger partial charge in [0.05, 0.1) is 4.90 Å². The molecule has 1 atom stereocenters. The molecule has 0 saturated heterocycles. The van der Waals surface area contributed by atoms with E-state index in [9.17, 15) is 18.6 Å². The van der Waals surface area contributed by atoms with Crippen molar-refractivity contribution in [2.75, 3.05) is 39.0 Å². The predicted molar refractivity (Wildman–Crippen MR) is 144 cm³/mol. The number of sulfone groups is 1. The lowest BCUT2D eigenvalue weighted by molar-refractivity contribution is 0.175. The molecule has 0 aliphatic heterocycles. The summed E-state index contributed by atoms with van der Waals surface area (Å²) in [6.45, 7) is 6.71. The summed E-state index contributed by atoms with van der Waals surface area (Å²) in [6, 6.07) is 10.6. The van der Waals surface area contributed by atoms with E-state index < -0.39 is 9.84 Å². The fourth-order valence-corrected chi connectivity index (χ4v) is 5.58. The first-order valence-electron chi connectivity index (χ1n) is 13.2. The second-order valence-electron chi connectivity index (χ2n) is 9.76. The summed E-state index contributed by atoms with van der Waals surface area (Å²) in [4.78, 5) is 2.92. The molecule has 0 fully saturated rings. The van der Waals surface area contributed by atoms with Crippen LogP contribution in [0, 0.1) is 0 Å². The van der Waals surface area contributed by atoms with Crippen LogP contribution in [-0.2, 0) is 22.7 Å². The Bertz CT molecular complexity index is 1060. The molecular weight excluding hydrogens is 476 g/mol. The Morgan fingerprint density at radius 2 is 1.75 bits per heavy atom. The van der Waals surface area contributed by atoms with Gasteiger partial charge in [-0.3, -0.25) is 0 Å². The topological polar surface area (TPSA) is 99.1 Å². The van der Waals surface area contributed by atoms with Gasteiger partial charge >= 0.3 is 0 Å². The van der Waals surface area contributed by atoms with E-state index in [1.807, 2.05) is 6.07 Å². The van der Waals surface area contributed by atoms with Crippen molar-refractivity contribution in [1.29, 1.82) is 0 Å². The number of hydrogen-bond acceptors (Lipinski definition) is 7. The molecule has 0 amide bonds. The molecule has 8 heteroatoms. The zero-order valence-electron chi connectivity index (χ0n) is 21.7. The molecule has 0 aromatic heterocycles. The standard InChI is InChI=1S/C28H42N2O5S/c1-3-18-30(23-9-14-26-22(21-23)8-15-27(31)28(26)32)19-7-5-4-6-16-29-17-20-35-24-10-12-25(13-11-24)36(2,33)34/h8,10-13,15,23,29,31-32H,3-7,9,14,16-21H2,1-2H3/t23-/m0/s1. The van der Waals surface area contributed by atoms with Crippen molar-refractivity contribution >= 4 is 9.84 Å². The highest BCUT2D eigenvalue weighted by Gasteiger charge is 2.26. The number of ether oxygens (including phenoxy) is 1. The van der Waals surface area contributed by atoms with Crippen LogP contribution in [0.25, 0.3) is 0 Å². The van der Waals surface area contributed by atoms with Crippen molar-refractivity contribution in [3.05, 3.63) is 47.5 Å². The summed E-state index contributed by atoms with van der Waals surface area (Å²) in [5.41, 5.74) is 2.09. The monoisotopic (exact) mass is 518 g/mol. The number of aromatic hydroxyl groups is 2. The van der Waals surface area contributed by atoms with E-state index in [0.29, 0.717) is 23.3 Å². The third-order valence-electron chi connectivity index (χ3n) is 6.92. The van der Waals surface area contributed by atoms with Crippen LogP contribution in [0.4, 0.5) is 0 Å². The Hall–Kier alpha value is -2.29. The van der Waals surface area contributed by atoms with Crippen molar-refractivity contribution in [2.45, 2.75) is 69.2 Å². The van der Waals surface area contributed by atoms with Gasteiger partial charge in [0.1, 0.15) is 12.4 Å². The number of unbranched alkanes of at least 4 members (excludes halogenated alkanes) is 3. The molecule has 0 unspecified atom stereocenters. The van der Waals surface area contributed by atoms with Crippen LogP contribution in [0.3, 0.4) is 0 Å². The lowest BCUT2D eigenvalue weighted by Gasteiger charge is -2.35. The third kappa shape index (κ3) is 8.39. The predicted octanol–water partition coefficient (Wildman–Crippen LogP) is 4.30. The van der Waals surface area contributed by atoms with Crippen molar-refractivity contribution in [3.63, 3.8) is 0 Å². The van der Waals surface area contributed by atoms with Gasteiger partial charge in [0, 0.05) is 24.4 Å². The Labute approximate surface area is 216 Å². The third-order valence-corrected chi connectivity index (χ3v) is 8.05. The van der Waals surface area contributed by atoms with Crippen LogP contribution < -0.4 is 10.1 Å². The summed E-state index contributed by atoms with van der Waals surface area (Å²) in [5.74, 6) is 0.731. The van der Waals surface area contributed by atoms with Crippen molar-refractivity contribution in [3.8, 4) is 17.2 Å². The molecular formula is C28H42N2O5S. The number of nitrogens with one attached hydrogen (secondary N) is 1. The first-order valence-corrected chi connectivity index (χ1v) is 15.1. The number of fused-ring (bicyclic) bond motifs is 1. The first-order chi connectivity index (χ1) is 17.3. The van der Waals surface area contributed by atoms with Gasteiger partial charge in [0.15, 0.2) is 21.3 Å². The molecule has 0 heterocycles. The van der Waals surface area contributed by atoms with E-state index in [4.69, 9.17) is 4.74 Å². The SMILES string of the molecule is CCCN(CCCCCCNCCOc1ccc(S(C)(=O)=O)cc1)[C@H]1CCc2c(ccc(O)c2O)C1. The summed E-state index contributed by atoms with van der Waals surface area (Å²) in [6.07, 6.45) is 9.86. The van der Waals surface area contributed by atoms with Gasteiger partial charge in [-0.15, -0.1) is 0 Å². The Morgan fingerprint density at radius 1 is 1.00 bits per heavy atom. The molecule has 2 aromatic rings. The summed E-state index contributed by atoms with van der Waals surface area (Å²) >= 11 is 0. The molecule has 1 aliphatic carbocycles. The van der Waals surface area contributed by atoms with Gasteiger partial charge in [-0.05, 0) is 94.1 Å². The number of hydrogen-bond donors (Lipinski definition) is 3. The van der Waals surface area contributed by atoms with Crippen molar-refractivity contribution in [2.24, 2.45) is 0 Å². The van der Waals surface area contributed by atoms with E-state index in [2.05, 4.69) is 17.1 Å². The molecule has 3 N–H and O–H groups in total. The highest BCUT2D eigenvalue weighted by atomic mass is 32.2. The van der Waals surface area contributed by atoms with Gasteiger partial charge in [0.25, 0.3) is 0 Å². The lowest BCUT2D eigenvalue weighted by Crippen LogP contribution is -2.40. The van der Waals surface area contributed by atoms with Gasteiger partial charge in [-0.25, -0.2) is 8.42 Å². The van der Waals surface area contributed by atoms with Crippen LogP contribution in [0.5, 0.6) is 17.2 Å². The zero-order chi connectivity index (χ0) is 26.0. The molecule has 3 rings (SSSR count). The van der Waals surface area contributed by atoms with Crippen LogP contribution >= 0.6 is 0 Å². The van der Waals surface area contributed by atoms with E-state index in [0.717, 1.165) is 63.8 Å². The number of phenols is 2. The molecule has 0 radical (unpaired) electrons. The minimum Gasteiger partial charge on any atom is -0.504 e. The highest BCUT2D eigenvalue weighted by Crippen LogP contribution is 2.36. The second-order valence-corrected chi connectivity index (χ2v) is 11.8. The zero-order valence-corrected chi connectivity index (χ0v) is 22.5. The Kier molecular flexibility index (Phi) is 10.9. The maximum atomic E-state index is 11.5. The summed E-state index contributed by atoms with van der Waals surface area (Å²) in [7, 11) is -3.18. The lowest BCUT2D eigenvalue weighted by atomic mass is 9.86. The fourth-order valence-electron chi connectivity index (χ4n) is 4.95. The van der Waals surface area contributed by atoms with Gasteiger partial charge in [-0.1, -0.05) is 25.8 Å². The number of phenolic OH excluding ortho intramolecular Hbond substituents is 2. The van der Waals surface area contributed by atoms with E-state index >= 15 is 0 Å².